The fraction of sp³-hybridized carbons (Fsp3) is 0.500. The molecule has 1 aliphatic heterocycles. The maximum Gasteiger partial charge on any atom is 0.252 e. The van der Waals surface area contributed by atoms with Crippen LogP contribution in [0.4, 0.5) is 8.78 Å². The van der Waals surface area contributed by atoms with Crippen LogP contribution in [-0.4, -0.2) is 25.5 Å². The number of hydrogen-bond donors (Lipinski definition) is 2. The number of halogens is 4. The maximum absolute atomic E-state index is 13.1. The van der Waals surface area contributed by atoms with E-state index < -0.39 is 17.5 Å². The van der Waals surface area contributed by atoms with E-state index in [1.807, 2.05) is 0 Å². The van der Waals surface area contributed by atoms with Crippen molar-refractivity contribution in [1.82, 2.24) is 10.6 Å². The van der Waals surface area contributed by atoms with Crippen molar-refractivity contribution in [3.63, 3.8) is 0 Å². The third-order valence-corrected chi connectivity index (χ3v) is 3.80. The lowest BCUT2D eigenvalue weighted by Crippen LogP contribution is -2.33. The molecule has 0 aromatic heterocycles. The van der Waals surface area contributed by atoms with Crippen LogP contribution in [0.25, 0.3) is 0 Å². The topological polar surface area (TPSA) is 41.1 Å². The molecule has 118 valence electrons. The molecule has 0 bridgehead atoms. The first-order chi connectivity index (χ1) is 9.58. The molecule has 1 aliphatic rings. The summed E-state index contributed by atoms with van der Waals surface area (Å²) in [6.45, 7) is 2.51. The van der Waals surface area contributed by atoms with Gasteiger partial charge in [-0.05, 0) is 50.4 Å². The molecule has 1 atom stereocenters. The lowest BCUT2D eigenvalue weighted by Gasteiger charge is -2.22. The SMILES string of the molecule is Cl.O=C(NCCC1CCCNC1)c1cc(F)c(F)cc1Cl. The first-order valence-corrected chi connectivity index (χ1v) is 7.09. The summed E-state index contributed by atoms with van der Waals surface area (Å²) in [5, 5.41) is 5.91. The van der Waals surface area contributed by atoms with Gasteiger partial charge in [-0.2, -0.15) is 0 Å². The van der Waals surface area contributed by atoms with Crippen molar-refractivity contribution < 1.29 is 13.6 Å². The average molecular weight is 339 g/mol. The average Bonchev–Trinajstić information content (AvgIpc) is 2.44. The van der Waals surface area contributed by atoms with E-state index in [0.29, 0.717) is 12.5 Å². The molecular weight excluding hydrogens is 321 g/mol. The third kappa shape index (κ3) is 5.09. The van der Waals surface area contributed by atoms with Crippen molar-refractivity contribution in [2.75, 3.05) is 19.6 Å². The Morgan fingerprint density at radius 3 is 2.76 bits per heavy atom. The monoisotopic (exact) mass is 338 g/mol. The van der Waals surface area contributed by atoms with Gasteiger partial charge in [0.2, 0.25) is 0 Å². The Labute approximate surface area is 133 Å². The van der Waals surface area contributed by atoms with Crippen LogP contribution in [0.15, 0.2) is 12.1 Å². The number of piperidine rings is 1. The Hall–Kier alpha value is -0.910. The molecule has 0 spiro atoms. The van der Waals surface area contributed by atoms with Crippen LogP contribution in [-0.2, 0) is 0 Å². The number of carbonyl (C=O) groups excluding carboxylic acids is 1. The number of amides is 1. The zero-order valence-electron chi connectivity index (χ0n) is 11.4. The summed E-state index contributed by atoms with van der Waals surface area (Å²) in [5.74, 6) is -2.06. The molecular formula is C14H18Cl2F2N2O. The molecule has 2 rings (SSSR count). The Balaban J connectivity index is 0.00000220. The lowest BCUT2D eigenvalue weighted by atomic mass is 9.96. The van der Waals surface area contributed by atoms with Gasteiger partial charge in [0.05, 0.1) is 10.6 Å². The Kier molecular flexibility index (Phi) is 7.35. The van der Waals surface area contributed by atoms with Crippen LogP contribution in [0.2, 0.25) is 5.02 Å². The fourth-order valence-electron chi connectivity index (χ4n) is 2.35. The Morgan fingerprint density at radius 1 is 1.38 bits per heavy atom. The summed E-state index contributed by atoms with van der Waals surface area (Å²) in [6, 6.07) is 1.64. The van der Waals surface area contributed by atoms with E-state index >= 15 is 0 Å². The highest BCUT2D eigenvalue weighted by atomic mass is 35.5. The summed E-state index contributed by atoms with van der Waals surface area (Å²) in [5.41, 5.74) is -0.0349. The molecule has 1 heterocycles. The zero-order chi connectivity index (χ0) is 14.5. The molecule has 1 unspecified atom stereocenters. The van der Waals surface area contributed by atoms with E-state index in [1.165, 1.54) is 0 Å². The number of nitrogens with one attached hydrogen (secondary N) is 2. The van der Waals surface area contributed by atoms with Crippen molar-refractivity contribution in [1.29, 1.82) is 0 Å². The summed E-state index contributed by atoms with van der Waals surface area (Å²) in [4.78, 5) is 11.9. The van der Waals surface area contributed by atoms with Crippen LogP contribution in [0.3, 0.4) is 0 Å². The van der Waals surface area contributed by atoms with Gasteiger partial charge >= 0.3 is 0 Å². The van der Waals surface area contributed by atoms with Gasteiger partial charge in [-0.15, -0.1) is 12.4 Å². The van der Waals surface area contributed by atoms with E-state index in [1.54, 1.807) is 0 Å². The number of hydrogen-bond acceptors (Lipinski definition) is 2. The van der Waals surface area contributed by atoms with Gasteiger partial charge in [0.25, 0.3) is 5.91 Å². The molecule has 0 saturated carbocycles. The van der Waals surface area contributed by atoms with E-state index in [-0.39, 0.29) is 23.0 Å². The minimum Gasteiger partial charge on any atom is -0.352 e. The number of carbonyl (C=O) groups is 1. The fourth-order valence-corrected chi connectivity index (χ4v) is 2.59. The molecule has 0 aliphatic carbocycles. The van der Waals surface area contributed by atoms with E-state index in [0.717, 1.165) is 44.5 Å². The largest absolute Gasteiger partial charge is 0.352 e. The van der Waals surface area contributed by atoms with Crippen molar-refractivity contribution in [2.45, 2.75) is 19.3 Å². The van der Waals surface area contributed by atoms with Crippen LogP contribution in [0.1, 0.15) is 29.6 Å². The molecule has 1 fully saturated rings. The summed E-state index contributed by atoms with van der Waals surface area (Å²) in [6.07, 6.45) is 3.16. The third-order valence-electron chi connectivity index (χ3n) is 3.49. The molecule has 1 aromatic rings. The highest BCUT2D eigenvalue weighted by molar-refractivity contribution is 6.33. The number of benzene rings is 1. The molecule has 21 heavy (non-hydrogen) atoms. The minimum atomic E-state index is -1.07. The van der Waals surface area contributed by atoms with Gasteiger partial charge < -0.3 is 10.6 Å². The predicted molar refractivity (Wildman–Crippen MR) is 81.2 cm³/mol. The van der Waals surface area contributed by atoms with Crippen molar-refractivity contribution in [3.05, 3.63) is 34.4 Å². The molecule has 0 radical (unpaired) electrons. The first kappa shape index (κ1) is 18.1. The van der Waals surface area contributed by atoms with Gasteiger partial charge in [-0.25, -0.2) is 8.78 Å². The van der Waals surface area contributed by atoms with Gasteiger partial charge in [0, 0.05) is 6.54 Å². The first-order valence-electron chi connectivity index (χ1n) is 6.71. The minimum absolute atomic E-state index is 0. The van der Waals surface area contributed by atoms with E-state index in [9.17, 15) is 13.6 Å². The molecule has 1 amide bonds. The second-order valence-corrected chi connectivity index (χ2v) is 5.41. The van der Waals surface area contributed by atoms with Gasteiger partial charge in [-0.1, -0.05) is 11.6 Å². The quantitative estimate of drug-likeness (QED) is 0.828. The normalized spacial score (nSPS) is 18.0. The van der Waals surface area contributed by atoms with Crippen LogP contribution in [0.5, 0.6) is 0 Å². The maximum atomic E-state index is 13.1. The van der Waals surface area contributed by atoms with Gasteiger partial charge in [0.15, 0.2) is 11.6 Å². The number of rotatable bonds is 4. The zero-order valence-corrected chi connectivity index (χ0v) is 13.0. The standard InChI is InChI=1S/C14H17ClF2N2O.ClH/c15-11-7-13(17)12(16)6-10(11)14(20)19-5-3-9-2-1-4-18-8-9;/h6-7,9,18H,1-5,8H2,(H,19,20);1H. The highest BCUT2D eigenvalue weighted by Crippen LogP contribution is 2.20. The molecule has 1 aromatic carbocycles. The second kappa shape index (κ2) is 8.51. The lowest BCUT2D eigenvalue weighted by molar-refractivity contribution is 0.0950. The van der Waals surface area contributed by atoms with Crippen molar-refractivity contribution in [3.8, 4) is 0 Å². The summed E-state index contributed by atoms with van der Waals surface area (Å²) < 4.78 is 26.0. The predicted octanol–water partition coefficient (Wildman–Crippen LogP) is 3.16. The smallest absolute Gasteiger partial charge is 0.252 e. The van der Waals surface area contributed by atoms with Gasteiger partial charge in [0.1, 0.15) is 0 Å². The molecule has 1 saturated heterocycles. The van der Waals surface area contributed by atoms with Crippen molar-refractivity contribution in [2.24, 2.45) is 5.92 Å². The van der Waals surface area contributed by atoms with Crippen LogP contribution < -0.4 is 10.6 Å². The highest BCUT2D eigenvalue weighted by Gasteiger charge is 2.16. The summed E-state index contributed by atoms with van der Waals surface area (Å²) in [7, 11) is 0. The molecule has 2 N–H and O–H groups in total. The van der Waals surface area contributed by atoms with E-state index in [2.05, 4.69) is 10.6 Å². The molecule has 7 heteroatoms. The van der Waals surface area contributed by atoms with Crippen molar-refractivity contribution >= 4 is 29.9 Å². The van der Waals surface area contributed by atoms with Gasteiger partial charge in [-0.3, -0.25) is 4.79 Å². The van der Waals surface area contributed by atoms with Crippen LogP contribution in [0, 0.1) is 17.6 Å². The summed E-state index contributed by atoms with van der Waals surface area (Å²) >= 11 is 5.75. The van der Waals surface area contributed by atoms with Crippen LogP contribution >= 0.6 is 24.0 Å². The second-order valence-electron chi connectivity index (χ2n) is 5.00. The Bertz CT molecular complexity index is 494. The molecule has 3 nitrogen and oxygen atoms in total. The Morgan fingerprint density at radius 2 is 2.10 bits per heavy atom. The van der Waals surface area contributed by atoms with E-state index in [4.69, 9.17) is 11.6 Å².